The summed E-state index contributed by atoms with van der Waals surface area (Å²) in [5.74, 6) is 1.03. The molecule has 2 rings (SSSR count). The van der Waals surface area contributed by atoms with Gasteiger partial charge in [0.15, 0.2) is 0 Å². The molecule has 1 heterocycles. The van der Waals surface area contributed by atoms with E-state index in [9.17, 15) is 0 Å². The van der Waals surface area contributed by atoms with Crippen molar-refractivity contribution in [1.82, 2.24) is 10.1 Å². The first kappa shape index (κ1) is 14.5. The summed E-state index contributed by atoms with van der Waals surface area (Å²) in [5.41, 5.74) is 7.95. The number of hydrogen-bond acceptors (Lipinski definition) is 5. The van der Waals surface area contributed by atoms with Crippen LogP contribution in [0, 0.1) is 6.92 Å². The van der Waals surface area contributed by atoms with Crippen molar-refractivity contribution in [3.8, 4) is 11.5 Å². The SMILES string of the molecule is CCOC(C)(CC)c1noc(-c2ccc(C)c(N)c2)n1. The van der Waals surface area contributed by atoms with Gasteiger partial charge < -0.3 is 15.0 Å². The van der Waals surface area contributed by atoms with Crippen molar-refractivity contribution in [1.29, 1.82) is 0 Å². The predicted octanol–water partition coefficient (Wildman–Crippen LogP) is 3.29. The van der Waals surface area contributed by atoms with E-state index in [2.05, 4.69) is 10.1 Å². The van der Waals surface area contributed by atoms with Gasteiger partial charge in [-0.15, -0.1) is 0 Å². The molecule has 5 heteroatoms. The quantitative estimate of drug-likeness (QED) is 0.847. The Morgan fingerprint density at radius 1 is 1.35 bits per heavy atom. The van der Waals surface area contributed by atoms with E-state index in [-0.39, 0.29) is 0 Å². The lowest BCUT2D eigenvalue weighted by molar-refractivity contribution is -0.0403. The molecule has 0 saturated carbocycles. The number of nitrogens with two attached hydrogens (primary N) is 1. The van der Waals surface area contributed by atoms with Crippen LogP contribution < -0.4 is 5.73 Å². The minimum atomic E-state index is -0.521. The van der Waals surface area contributed by atoms with Crippen molar-refractivity contribution in [2.24, 2.45) is 0 Å². The van der Waals surface area contributed by atoms with Crippen LogP contribution in [0.3, 0.4) is 0 Å². The minimum absolute atomic E-state index is 0.464. The molecule has 108 valence electrons. The fraction of sp³-hybridized carbons (Fsp3) is 0.467. The van der Waals surface area contributed by atoms with Gasteiger partial charge in [-0.2, -0.15) is 4.98 Å². The molecule has 0 aliphatic heterocycles. The Morgan fingerprint density at radius 2 is 2.10 bits per heavy atom. The zero-order valence-corrected chi connectivity index (χ0v) is 12.4. The van der Waals surface area contributed by atoms with Crippen molar-refractivity contribution >= 4 is 5.69 Å². The molecular weight excluding hydrogens is 254 g/mol. The van der Waals surface area contributed by atoms with Crippen molar-refractivity contribution in [2.75, 3.05) is 12.3 Å². The number of hydrogen-bond donors (Lipinski definition) is 1. The smallest absolute Gasteiger partial charge is 0.258 e. The maximum absolute atomic E-state index is 5.91. The molecule has 5 nitrogen and oxygen atoms in total. The number of ether oxygens (including phenoxy) is 1. The second-order valence-corrected chi connectivity index (χ2v) is 5.01. The Balaban J connectivity index is 2.34. The zero-order chi connectivity index (χ0) is 14.8. The molecule has 0 aliphatic rings. The lowest BCUT2D eigenvalue weighted by Crippen LogP contribution is -2.26. The van der Waals surface area contributed by atoms with Crippen LogP contribution in [-0.4, -0.2) is 16.7 Å². The Bertz CT molecular complexity index is 595. The highest BCUT2D eigenvalue weighted by atomic mass is 16.5. The lowest BCUT2D eigenvalue weighted by atomic mass is 10.0. The van der Waals surface area contributed by atoms with Crippen LogP contribution in [0.15, 0.2) is 22.7 Å². The average molecular weight is 275 g/mol. The average Bonchev–Trinajstić information content (AvgIpc) is 2.92. The van der Waals surface area contributed by atoms with E-state index in [1.807, 2.05) is 45.9 Å². The van der Waals surface area contributed by atoms with E-state index in [1.165, 1.54) is 0 Å². The monoisotopic (exact) mass is 275 g/mol. The van der Waals surface area contributed by atoms with E-state index in [0.717, 1.165) is 17.5 Å². The number of benzene rings is 1. The molecule has 0 amide bonds. The molecule has 1 aromatic heterocycles. The molecule has 1 atom stereocenters. The Kier molecular flexibility index (Phi) is 4.09. The molecule has 0 saturated heterocycles. The van der Waals surface area contributed by atoms with Crippen LogP contribution in [0.4, 0.5) is 5.69 Å². The van der Waals surface area contributed by atoms with Crippen LogP contribution in [-0.2, 0) is 10.3 Å². The van der Waals surface area contributed by atoms with E-state index in [1.54, 1.807) is 0 Å². The summed E-state index contributed by atoms with van der Waals surface area (Å²) >= 11 is 0. The van der Waals surface area contributed by atoms with Crippen LogP contribution in [0.5, 0.6) is 0 Å². The summed E-state index contributed by atoms with van der Waals surface area (Å²) in [6, 6.07) is 5.71. The summed E-state index contributed by atoms with van der Waals surface area (Å²) in [4.78, 5) is 4.45. The number of nitrogens with zero attached hydrogens (tertiary/aromatic N) is 2. The first-order chi connectivity index (χ1) is 9.50. The highest BCUT2D eigenvalue weighted by Crippen LogP contribution is 2.29. The highest BCUT2D eigenvalue weighted by molar-refractivity contribution is 5.62. The third kappa shape index (κ3) is 2.67. The van der Waals surface area contributed by atoms with Crippen molar-refractivity contribution in [3.63, 3.8) is 0 Å². The largest absolute Gasteiger partial charge is 0.398 e. The van der Waals surface area contributed by atoms with Gasteiger partial charge in [0.05, 0.1) is 0 Å². The molecule has 0 fully saturated rings. The second kappa shape index (κ2) is 5.63. The van der Waals surface area contributed by atoms with Gasteiger partial charge in [0.1, 0.15) is 5.60 Å². The number of nitrogen functional groups attached to an aromatic ring is 1. The number of aromatic nitrogens is 2. The highest BCUT2D eigenvalue weighted by Gasteiger charge is 2.31. The van der Waals surface area contributed by atoms with E-state index in [4.69, 9.17) is 15.0 Å². The van der Waals surface area contributed by atoms with Gasteiger partial charge in [-0.3, -0.25) is 0 Å². The Labute approximate surface area is 119 Å². The topological polar surface area (TPSA) is 74.2 Å². The fourth-order valence-electron chi connectivity index (χ4n) is 1.97. The molecule has 0 aliphatic carbocycles. The van der Waals surface area contributed by atoms with Gasteiger partial charge in [-0.1, -0.05) is 18.1 Å². The summed E-state index contributed by atoms with van der Waals surface area (Å²) < 4.78 is 11.1. The molecule has 0 radical (unpaired) electrons. The molecule has 0 spiro atoms. The standard InChI is InChI=1S/C15H21N3O2/c1-5-15(4,19-6-2)14-17-13(20-18-14)11-8-7-10(3)12(16)9-11/h7-9H,5-6,16H2,1-4H3. The van der Waals surface area contributed by atoms with Gasteiger partial charge in [0.25, 0.3) is 5.89 Å². The van der Waals surface area contributed by atoms with Gasteiger partial charge in [0, 0.05) is 17.9 Å². The lowest BCUT2D eigenvalue weighted by Gasteiger charge is -2.23. The molecule has 1 unspecified atom stereocenters. The maximum atomic E-state index is 5.91. The fourth-order valence-corrected chi connectivity index (χ4v) is 1.97. The second-order valence-electron chi connectivity index (χ2n) is 5.01. The third-order valence-corrected chi connectivity index (χ3v) is 3.56. The van der Waals surface area contributed by atoms with Crippen LogP contribution in [0.2, 0.25) is 0 Å². The third-order valence-electron chi connectivity index (χ3n) is 3.56. The normalized spacial score (nSPS) is 14.2. The number of rotatable bonds is 5. The molecular formula is C15H21N3O2. The molecule has 1 aromatic carbocycles. The molecule has 20 heavy (non-hydrogen) atoms. The van der Waals surface area contributed by atoms with Crippen molar-refractivity contribution < 1.29 is 9.26 Å². The van der Waals surface area contributed by atoms with E-state index in [0.29, 0.717) is 24.0 Å². The van der Waals surface area contributed by atoms with E-state index < -0.39 is 5.60 Å². The molecule has 2 N–H and O–H groups in total. The van der Waals surface area contributed by atoms with Gasteiger partial charge in [0.2, 0.25) is 5.82 Å². The summed E-state index contributed by atoms with van der Waals surface area (Å²) in [6.45, 7) is 8.52. The van der Waals surface area contributed by atoms with E-state index >= 15 is 0 Å². The van der Waals surface area contributed by atoms with Crippen LogP contribution >= 0.6 is 0 Å². The van der Waals surface area contributed by atoms with Crippen molar-refractivity contribution in [3.05, 3.63) is 29.6 Å². The Hall–Kier alpha value is -1.88. The predicted molar refractivity (Wildman–Crippen MR) is 78.2 cm³/mol. The molecule has 0 bridgehead atoms. The summed E-state index contributed by atoms with van der Waals surface area (Å²) in [7, 11) is 0. The number of aryl methyl sites for hydroxylation is 1. The summed E-state index contributed by atoms with van der Waals surface area (Å²) in [6.07, 6.45) is 0.774. The van der Waals surface area contributed by atoms with Gasteiger partial charge >= 0.3 is 0 Å². The number of anilines is 1. The minimum Gasteiger partial charge on any atom is -0.398 e. The first-order valence-electron chi connectivity index (χ1n) is 6.84. The zero-order valence-electron chi connectivity index (χ0n) is 12.4. The van der Waals surface area contributed by atoms with Crippen molar-refractivity contribution in [2.45, 2.75) is 39.7 Å². The van der Waals surface area contributed by atoms with Crippen LogP contribution in [0.25, 0.3) is 11.5 Å². The van der Waals surface area contributed by atoms with Gasteiger partial charge in [-0.25, -0.2) is 0 Å². The van der Waals surface area contributed by atoms with Gasteiger partial charge in [-0.05, 0) is 44.9 Å². The maximum Gasteiger partial charge on any atom is 0.258 e. The first-order valence-corrected chi connectivity index (χ1v) is 6.84. The summed E-state index contributed by atoms with van der Waals surface area (Å²) in [5, 5.41) is 4.05. The Morgan fingerprint density at radius 3 is 2.70 bits per heavy atom. The van der Waals surface area contributed by atoms with Crippen LogP contribution in [0.1, 0.15) is 38.6 Å². The molecule has 2 aromatic rings.